The summed E-state index contributed by atoms with van der Waals surface area (Å²) in [5, 5.41) is 1.59. The van der Waals surface area contributed by atoms with Crippen LogP contribution in [0.4, 0.5) is 0 Å². The lowest BCUT2D eigenvalue weighted by Crippen LogP contribution is -2.37. The molecule has 0 radical (unpaired) electrons. The summed E-state index contributed by atoms with van der Waals surface area (Å²) >= 11 is 6.39. The normalized spacial score (nSPS) is 15.3. The van der Waals surface area contributed by atoms with E-state index in [1.807, 2.05) is 24.0 Å². The molecule has 1 aromatic heterocycles. The van der Waals surface area contributed by atoms with Crippen LogP contribution in [0.15, 0.2) is 24.3 Å². The molecule has 0 bridgehead atoms. The minimum atomic E-state index is 0.206. The fourth-order valence-corrected chi connectivity index (χ4v) is 3.66. The highest BCUT2D eigenvalue weighted by Crippen LogP contribution is 2.28. The van der Waals surface area contributed by atoms with Crippen LogP contribution in [-0.2, 0) is 11.3 Å². The van der Waals surface area contributed by atoms with Crippen LogP contribution in [0.5, 0.6) is 0 Å². The molecule has 1 aliphatic carbocycles. The Kier molecular flexibility index (Phi) is 4.86. The molecule has 0 N–H and O–H groups in total. The van der Waals surface area contributed by atoms with Crippen molar-refractivity contribution >= 4 is 28.4 Å². The predicted molar refractivity (Wildman–Crippen MR) is 94.6 cm³/mol. The first kappa shape index (κ1) is 16.3. The Hall–Kier alpha value is -1.61. The largest absolute Gasteiger partial charge is 0.335 e. The average Bonchev–Trinajstić information content (AvgIpc) is 3.06. The fourth-order valence-electron chi connectivity index (χ4n) is 3.45. The molecule has 0 spiro atoms. The van der Waals surface area contributed by atoms with Gasteiger partial charge in [-0.25, -0.2) is 4.98 Å². The first-order chi connectivity index (χ1) is 11.1. The lowest BCUT2D eigenvalue weighted by molar-refractivity contribution is -0.133. The van der Waals surface area contributed by atoms with E-state index >= 15 is 0 Å². The van der Waals surface area contributed by atoms with Crippen LogP contribution < -0.4 is 0 Å². The molecule has 0 aliphatic heterocycles. The summed E-state index contributed by atoms with van der Waals surface area (Å²) < 4.78 is 0. The first-order valence-corrected chi connectivity index (χ1v) is 8.81. The van der Waals surface area contributed by atoms with E-state index < -0.39 is 0 Å². The number of aromatic nitrogens is 1. The maximum absolute atomic E-state index is 12.4. The number of fused-ring (bicyclic) bond motifs is 1. The molecular weight excluding hydrogens is 308 g/mol. The van der Waals surface area contributed by atoms with Crippen LogP contribution in [0.3, 0.4) is 0 Å². The summed E-state index contributed by atoms with van der Waals surface area (Å²) in [6.45, 7) is 4.56. The topological polar surface area (TPSA) is 33.2 Å². The third-order valence-corrected chi connectivity index (χ3v) is 5.05. The van der Waals surface area contributed by atoms with Gasteiger partial charge >= 0.3 is 0 Å². The number of carbonyl (C=O) groups excluding carboxylic acids is 1. The maximum Gasteiger partial charge on any atom is 0.222 e. The Bertz CT molecular complexity index is 723. The highest BCUT2D eigenvalue weighted by molar-refractivity contribution is 6.30. The van der Waals surface area contributed by atoms with Crippen LogP contribution in [0.1, 0.15) is 50.2 Å². The molecule has 1 heterocycles. The van der Waals surface area contributed by atoms with Crippen molar-refractivity contribution in [3.63, 3.8) is 0 Å². The van der Waals surface area contributed by atoms with Crippen LogP contribution >= 0.6 is 11.6 Å². The zero-order valence-corrected chi connectivity index (χ0v) is 14.6. The summed E-state index contributed by atoms with van der Waals surface area (Å²) in [4.78, 5) is 18.9. The van der Waals surface area contributed by atoms with E-state index in [9.17, 15) is 4.79 Å². The SMILES string of the molecule is CCC(=O)N(Cc1cc2cc(C)ccc2nc1Cl)C1CCCC1. The van der Waals surface area contributed by atoms with Gasteiger partial charge in [-0.05, 0) is 38.0 Å². The second kappa shape index (κ2) is 6.88. The van der Waals surface area contributed by atoms with Crippen molar-refractivity contribution in [1.29, 1.82) is 0 Å². The van der Waals surface area contributed by atoms with Crippen LogP contribution in [-0.4, -0.2) is 21.8 Å². The van der Waals surface area contributed by atoms with Crippen LogP contribution in [0.2, 0.25) is 5.15 Å². The van der Waals surface area contributed by atoms with E-state index in [0.717, 1.165) is 29.3 Å². The Balaban J connectivity index is 1.93. The van der Waals surface area contributed by atoms with Gasteiger partial charge in [0.25, 0.3) is 0 Å². The van der Waals surface area contributed by atoms with E-state index in [0.29, 0.717) is 24.2 Å². The van der Waals surface area contributed by atoms with Gasteiger partial charge in [-0.15, -0.1) is 0 Å². The predicted octanol–water partition coefficient (Wildman–Crippen LogP) is 4.88. The monoisotopic (exact) mass is 330 g/mol. The standard InChI is InChI=1S/C19H23ClN2O/c1-3-18(23)22(16-6-4-5-7-16)12-15-11-14-10-13(2)8-9-17(14)21-19(15)20/h8-11,16H,3-7,12H2,1-2H3. The number of amides is 1. The van der Waals surface area contributed by atoms with Crippen LogP contribution in [0, 0.1) is 6.92 Å². The lowest BCUT2D eigenvalue weighted by Gasteiger charge is -2.29. The van der Waals surface area contributed by atoms with Gasteiger partial charge in [0.15, 0.2) is 0 Å². The summed E-state index contributed by atoms with van der Waals surface area (Å²) in [7, 11) is 0. The highest BCUT2D eigenvalue weighted by Gasteiger charge is 2.26. The van der Waals surface area contributed by atoms with E-state index in [-0.39, 0.29) is 5.91 Å². The van der Waals surface area contributed by atoms with E-state index in [2.05, 4.69) is 24.0 Å². The number of pyridine rings is 1. The summed E-state index contributed by atoms with van der Waals surface area (Å²) in [6, 6.07) is 8.58. The Morgan fingerprint density at radius 3 is 2.74 bits per heavy atom. The van der Waals surface area contributed by atoms with E-state index in [1.165, 1.54) is 18.4 Å². The van der Waals surface area contributed by atoms with Gasteiger partial charge in [-0.1, -0.05) is 43.0 Å². The van der Waals surface area contributed by atoms with Crippen molar-refractivity contribution in [2.75, 3.05) is 0 Å². The molecule has 4 heteroatoms. The molecule has 1 aliphatic rings. The number of benzene rings is 1. The fraction of sp³-hybridized carbons (Fsp3) is 0.474. The summed E-state index contributed by atoms with van der Waals surface area (Å²) in [6.07, 6.45) is 5.16. The molecule has 3 rings (SSSR count). The van der Waals surface area contributed by atoms with Gasteiger partial charge in [-0.3, -0.25) is 4.79 Å². The van der Waals surface area contributed by atoms with Crippen molar-refractivity contribution in [1.82, 2.24) is 9.88 Å². The van der Waals surface area contributed by atoms with Crippen LogP contribution in [0.25, 0.3) is 10.9 Å². The molecule has 0 unspecified atom stereocenters. The first-order valence-electron chi connectivity index (χ1n) is 8.43. The van der Waals surface area contributed by atoms with Gasteiger partial charge in [0, 0.05) is 30.0 Å². The van der Waals surface area contributed by atoms with Crippen molar-refractivity contribution in [3.05, 3.63) is 40.5 Å². The molecule has 1 aromatic carbocycles. The quantitative estimate of drug-likeness (QED) is 0.749. The van der Waals surface area contributed by atoms with Crippen molar-refractivity contribution in [2.45, 2.75) is 58.5 Å². The molecule has 23 heavy (non-hydrogen) atoms. The number of aryl methyl sites for hydroxylation is 1. The van der Waals surface area contributed by atoms with Gasteiger partial charge in [0.2, 0.25) is 5.91 Å². The molecule has 1 saturated carbocycles. The molecule has 1 fully saturated rings. The van der Waals surface area contributed by atoms with E-state index in [1.54, 1.807) is 0 Å². The minimum Gasteiger partial charge on any atom is -0.335 e. The minimum absolute atomic E-state index is 0.206. The maximum atomic E-state index is 12.4. The van der Waals surface area contributed by atoms with Crippen molar-refractivity contribution in [2.24, 2.45) is 0 Å². The zero-order valence-electron chi connectivity index (χ0n) is 13.8. The molecule has 0 atom stereocenters. The molecule has 0 saturated heterocycles. The third-order valence-electron chi connectivity index (χ3n) is 4.73. The van der Waals surface area contributed by atoms with Crippen molar-refractivity contribution in [3.8, 4) is 0 Å². The smallest absolute Gasteiger partial charge is 0.222 e. The van der Waals surface area contributed by atoms with Gasteiger partial charge < -0.3 is 4.90 Å². The summed E-state index contributed by atoms with van der Waals surface area (Å²) in [5.74, 6) is 0.206. The second-order valence-corrected chi connectivity index (χ2v) is 6.81. The molecule has 1 amide bonds. The molecule has 3 nitrogen and oxygen atoms in total. The Labute approximate surface area is 142 Å². The number of nitrogens with zero attached hydrogens (tertiary/aromatic N) is 2. The lowest BCUT2D eigenvalue weighted by atomic mass is 10.1. The van der Waals surface area contributed by atoms with Crippen molar-refractivity contribution < 1.29 is 4.79 Å². The average molecular weight is 331 g/mol. The Morgan fingerprint density at radius 2 is 2.04 bits per heavy atom. The highest BCUT2D eigenvalue weighted by atomic mass is 35.5. The van der Waals surface area contributed by atoms with Gasteiger partial charge in [-0.2, -0.15) is 0 Å². The molecule has 122 valence electrons. The van der Waals surface area contributed by atoms with E-state index in [4.69, 9.17) is 11.6 Å². The number of rotatable bonds is 4. The zero-order chi connectivity index (χ0) is 16.4. The number of hydrogen-bond donors (Lipinski definition) is 0. The third kappa shape index (κ3) is 3.50. The van der Waals surface area contributed by atoms with Gasteiger partial charge in [0.05, 0.1) is 5.52 Å². The number of halogens is 1. The van der Waals surface area contributed by atoms with Gasteiger partial charge in [0.1, 0.15) is 5.15 Å². The molecular formula is C19H23ClN2O. The number of hydrogen-bond acceptors (Lipinski definition) is 2. The second-order valence-electron chi connectivity index (χ2n) is 6.45. The molecule has 2 aromatic rings. The Morgan fingerprint density at radius 1 is 1.30 bits per heavy atom. The number of carbonyl (C=O) groups is 1. The summed E-state index contributed by atoms with van der Waals surface area (Å²) in [5.41, 5.74) is 3.04.